The second-order valence-electron chi connectivity index (χ2n) is 7.32. The number of ether oxygens (including phenoxy) is 2. The first kappa shape index (κ1) is 15.8. The van der Waals surface area contributed by atoms with E-state index in [0.29, 0.717) is 5.92 Å². The first-order valence-corrected chi connectivity index (χ1v) is 8.53. The van der Waals surface area contributed by atoms with E-state index >= 15 is 0 Å². The van der Waals surface area contributed by atoms with Crippen molar-refractivity contribution in [1.29, 1.82) is 0 Å². The van der Waals surface area contributed by atoms with Gasteiger partial charge in [-0.3, -0.25) is 0 Å². The lowest BCUT2D eigenvalue weighted by Gasteiger charge is -2.34. The molecule has 0 unspecified atom stereocenters. The monoisotopic (exact) mass is 300 g/mol. The molecule has 0 N–H and O–H groups in total. The van der Waals surface area contributed by atoms with Crippen LogP contribution in [0.3, 0.4) is 0 Å². The molecule has 2 aliphatic heterocycles. The largest absolute Gasteiger partial charge is 0.371 e. The fourth-order valence-corrected chi connectivity index (χ4v) is 4.13. The molecule has 2 heterocycles. The zero-order valence-corrected chi connectivity index (χ0v) is 14.1. The first-order valence-electron chi connectivity index (χ1n) is 8.53. The van der Waals surface area contributed by atoms with Gasteiger partial charge in [-0.05, 0) is 49.7 Å². The highest BCUT2D eigenvalue weighted by Gasteiger charge is 2.63. The Hall–Kier alpha value is -1.12. The van der Waals surface area contributed by atoms with Crippen LogP contribution in [0.1, 0.15) is 45.6 Å². The smallest absolute Gasteiger partial charge is 0.110 e. The van der Waals surface area contributed by atoms with Gasteiger partial charge < -0.3 is 9.47 Å². The molecule has 2 heteroatoms. The Morgan fingerprint density at radius 1 is 1.27 bits per heavy atom. The topological polar surface area (TPSA) is 18.5 Å². The molecule has 2 saturated heterocycles. The van der Waals surface area contributed by atoms with Crippen LogP contribution in [-0.4, -0.2) is 23.9 Å². The number of rotatable bonds is 6. The van der Waals surface area contributed by atoms with Crippen molar-refractivity contribution in [2.24, 2.45) is 5.92 Å². The van der Waals surface area contributed by atoms with Gasteiger partial charge in [-0.2, -0.15) is 0 Å². The average molecular weight is 300 g/mol. The van der Waals surface area contributed by atoms with Gasteiger partial charge in [0, 0.05) is 6.61 Å². The number of hydrogen-bond acceptors (Lipinski definition) is 2. The fraction of sp³-hybridized carbons (Fsp3) is 0.600. The summed E-state index contributed by atoms with van der Waals surface area (Å²) in [6.45, 7) is 11.8. The van der Waals surface area contributed by atoms with Crippen LogP contribution >= 0.6 is 0 Å². The Labute approximate surface area is 134 Å². The third kappa shape index (κ3) is 2.53. The molecule has 2 nitrogen and oxygen atoms in total. The standard InChI is InChI=1S/C20H28O2/c1-15(2)20-13-12-19(4,22-20)18(16(20)3)21-14-8-11-17-9-6-5-7-10-17/h5-7,9-10,15,18H,3,8,11-14H2,1-2,4H3/t18-,19+,20+/m1/s1. The van der Waals surface area contributed by atoms with Crippen molar-refractivity contribution in [2.45, 2.75) is 63.8 Å². The Morgan fingerprint density at radius 2 is 2.00 bits per heavy atom. The van der Waals surface area contributed by atoms with E-state index in [9.17, 15) is 0 Å². The van der Waals surface area contributed by atoms with E-state index in [1.165, 1.54) is 5.56 Å². The van der Waals surface area contributed by atoms with Crippen LogP contribution in [0.15, 0.2) is 42.5 Å². The van der Waals surface area contributed by atoms with Gasteiger partial charge in [0.05, 0.1) is 11.2 Å². The van der Waals surface area contributed by atoms with Crippen LogP contribution in [0.4, 0.5) is 0 Å². The molecule has 120 valence electrons. The molecule has 22 heavy (non-hydrogen) atoms. The summed E-state index contributed by atoms with van der Waals surface area (Å²) in [5, 5.41) is 0. The SMILES string of the molecule is C=C1[C@@H](OCCCc2ccccc2)[C@]2(C)CC[C@@]1(C(C)C)O2. The molecule has 0 spiro atoms. The van der Waals surface area contributed by atoms with Crippen molar-refractivity contribution in [2.75, 3.05) is 6.61 Å². The van der Waals surface area contributed by atoms with Crippen LogP contribution in [-0.2, 0) is 15.9 Å². The van der Waals surface area contributed by atoms with Crippen molar-refractivity contribution in [3.8, 4) is 0 Å². The first-order chi connectivity index (χ1) is 10.5. The minimum absolute atomic E-state index is 0.0550. The summed E-state index contributed by atoms with van der Waals surface area (Å²) in [7, 11) is 0. The molecule has 2 bridgehead atoms. The second kappa shape index (κ2) is 5.82. The highest BCUT2D eigenvalue weighted by atomic mass is 16.6. The van der Waals surface area contributed by atoms with E-state index in [-0.39, 0.29) is 17.3 Å². The van der Waals surface area contributed by atoms with Crippen molar-refractivity contribution in [3.05, 3.63) is 48.0 Å². The number of hydrogen-bond donors (Lipinski definition) is 0. The Morgan fingerprint density at radius 3 is 2.64 bits per heavy atom. The molecule has 1 aromatic carbocycles. The van der Waals surface area contributed by atoms with E-state index < -0.39 is 0 Å². The Bertz CT molecular complexity index is 536. The summed E-state index contributed by atoms with van der Waals surface area (Å²) in [4.78, 5) is 0. The van der Waals surface area contributed by atoms with Crippen LogP contribution in [0.25, 0.3) is 0 Å². The number of benzene rings is 1. The van der Waals surface area contributed by atoms with Gasteiger partial charge in [0.25, 0.3) is 0 Å². The molecule has 1 aromatic rings. The molecule has 0 amide bonds. The predicted molar refractivity (Wildman–Crippen MR) is 89.9 cm³/mol. The summed E-state index contributed by atoms with van der Waals surface area (Å²) >= 11 is 0. The molecule has 2 fully saturated rings. The molecule has 3 atom stereocenters. The van der Waals surface area contributed by atoms with Crippen LogP contribution in [0, 0.1) is 5.92 Å². The average Bonchev–Trinajstić information content (AvgIpc) is 2.97. The zero-order chi connectivity index (χ0) is 15.8. The molecule has 2 aliphatic rings. The van der Waals surface area contributed by atoms with Crippen molar-refractivity contribution in [3.63, 3.8) is 0 Å². The van der Waals surface area contributed by atoms with Gasteiger partial charge in [0.15, 0.2) is 0 Å². The lowest BCUT2D eigenvalue weighted by Crippen LogP contribution is -2.40. The van der Waals surface area contributed by atoms with Gasteiger partial charge in [0.1, 0.15) is 6.10 Å². The highest BCUT2D eigenvalue weighted by Crippen LogP contribution is 2.57. The quantitative estimate of drug-likeness (QED) is 0.567. The fourth-order valence-electron chi connectivity index (χ4n) is 4.13. The lowest BCUT2D eigenvalue weighted by molar-refractivity contribution is -0.0929. The third-order valence-corrected chi connectivity index (χ3v) is 5.49. The highest BCUT2D eigenvalue weighted by molar-refractivity contribution is 5.33. The second-order valence-corrected chi connectivity index (χ2v) is 7.32. The van der Waals surface area contributed by atoms with E-state index in [0.717, 1.165) is 37.9 Å². The van der Waals surface area contributed by atoms with Crippen LogP contribution in [0.2, 0.25) is 0 Å². The molecular weight excluding hydrogens is 272 g/mol. The van der Waals surface area contributed by atoms with E-state index in [2.05, 4.69) is 57.7 Å². The van der Waals surface area contributed by atoms with Gasteiger partial charge >= 0.3 is 0 Å². The van der Waals surface area contributed by atoms with Crippen molar-refractivity contribution in [1.82, 2.24) is 0 Å². The summed E-state index contributed by atoms with van der Waals surface area (Å²) in [6.07, 6.45) is 4.32. The Balaban J connectivity index is 1.56. The zero-order valence-electron chi connectivity index (χ0n) is 14.1. The summed E-state index contributed by atoms with van der Waals surface area (Å²) in [6, 6.07) is 10.6. The summed E-state index contributed by atoms with van der Waals surface area (Å²) in [5.74, 6) is 0.458. The predicted octanol–water partition coefficient (Wildman–Crippen LogP) is 4.54. The van der Waals surface area contributed by atoms with Gasteiger partial charge in [-0.25, -0.2) is 0 Å². The maximum absolute atomic E-state index is 6.42. The third-order valence-electron chi connectivity index (χ3n) is 5.49. The minimum Gasteiger partial charge on any atom is -0.371 e. The van der Waals surface area contributed by atoms with Gasteiger partial charge in [0.2, 0.25) is 0 Å². The molecule has 0 radical (unpaired) electrons. The summed E-state index contributed by atoms with van der Waals surface area (Å²) in [5.41, 5.74) is 2.21. The lowest BCUT2D eigenvalue weighted by atomic mass is 9.72. The van der Waals surface area contributed by atoms with Gasteiger partial charge in [-0.1, -0.05) is 50.8 Å². The van der Waals surface area contributed by atoms with Crippen LogP contribution < -0.4 is 0 Å². The molecule has 3 rings (SSSR count). The van der Waals surface area contributed by atoms with E-state index in [1.807, 2.05) is 0 Å². The van der Waals surface area contributed by atoms with E-state index in [1.54, 1.807) is 0 Å². The van der Waals surface area contributed by atoms with Crippen molar-refractivity contribution < 1.29 is 9.47 Å². The Kier molecular flexibility index (Phi) is 4.17. The van der Waals surface area contributed by atoms with Crippen molar-refractivity contribution >= 4 is 0 Å². The minimum atomic E-state index is -0.173. The molecule has 0 saturated carbocycles. The van der Waals surface area contributed by atoms with Gasteiger partial charge in [-0.15, -0.1) is 0 Å². The molecule has 0 aliphatic carbocycles. The maximum Gasteiger partial charge on any atom is 0.110 e. The number of aryl methyl sites for hydroxylation is 1. The molecule has 0 aromatic heterocycles. The normalized spacial score (nSPS) is 33.8. The maximum atomic E-state index is 6.42. The van der Waals surface area contributed by atoms with E-state index in [4.69, 9.17) is 9.47 Å². The van der Waals surface area contributed by atoms with Crippen LogP contribution in [0.5, 0.6) is 0 Å². The summed E-state index contributed by atoms with van der Waals surface area (Å²) < 4.78 is 12.6. The molecular formula is C20H28O2. The number of fused-ring (bicyclic) bond motifs is 2.